The van der Waals surface area contributed by atoms with Crippen molar-refractivity contribution in [3.05, 3.63) is 22.2 Å². The Morgan fingerprint density at radius 1 is 1.43 bits per heavy atom. The van der Waals surface area contributed by atoms with Crippen molar-refractivity contribution in [3.8, 4) is 11.5 Å². The van der Waals surface area contributed by atoms with E-state index >= 15 is 0 Å². The average molecular weight is 259 g/mol. The van der Waals surface area contributed by atoms with E-state index < -0.39 is 5.60 Å². The minimum atomic E-state index is -0.821. The van der Waals surface area contributed by atoms with Crippen LogP contribution in [0.5, 0.6) is 11.5 Å². The maximum atomic E-state index is 9.85. The van der Waals surface area contributed by atoms with Crippen LogP contribution < -0.4 is 4.74 Å². The lowest BCUT2D eigenvalue weighted by Gasteiger charge is -2.13. The molecule has 2 N–H and O–H groups in total. The first-order valence-electron chi connectivity index (χ1n) is 4.36. The van der Waals surface area contributed by atoms with Gasteiger partial charge in [-0.05, 0) is 34.8 Å². The average Bonchev–Trinajstić information content (AvgIpc) is 2.88. The lowest BCUT2D eigenvalue weighted by molar-refractivity contribution is 0.147. The summed E-state index contributed by atoms with van der Waals surface area (Å²) in [5, 5.41) is 19.5. The molecule has 4 heteroatoms. The molecule has 0 atom stereocenters. The van der Waals surface area contributed by atoms with Gasteiger partial charge in [0.05, 0.1) is 17.2 Å². The molecule has 0 amide bonds. The number of phenolic OH excluding ortho intramolecular Hbond substituents is 1. The second kappa shape index (κ2) is 3.14. The molecule has 2 rings (SSSR count). The zero-order valence-electron chi connectivity index (χ0n) is 7.75. The van der Waals surface area contributed by atoms with Crippen molar-refractivity contribution in [2.75, 3.05) is 7.11 Å². The Hall–Kier alpha value is -0.740. The quantitative estimate of drug-likeness (QED) is 0.855. The number of phenols is 1. The summed E-state index contributed by atoms with van der Waals surface area (Å²) >= 11 is 3.31. The second-order valence-electron chi connectivity index (χ2n) is 3.54. The summed E-state index contributed by atoms with van der Waals surface area (Å²) in [5.41, 5.74) is -0.246. The van der Waals surface area contributed by atoms with Crippen LogP contribution in [-0.2, 0) is 5.60 Å². The highest BCUT2D eigenvalue weighted by molar-refractivity contribution is 9.10. The van der Waals surface area contributed by atoms with E-state index in [1.54, 1.807) is 6.07 Å². The molecule has 0 aliphatic heterocycles. The van der Waals surface area contributed by atoms with E-state index in [1.807, 2.05) is 0 Å². The highest BCUT2D eigenvalue weighted by Gasteiger charge is 2.44. The molecule has 76 valence electrons. The van der Waals surface area contributed by atoms with Crippen LogP contribution in [0.4, 0.5) is 0 Å². The fraction of sp³-hybridized carbons (Fsp3) is 0.400. The largest absolute Gasteiger partial charge is 0.507 e. The van der Waals surface area contributed by atoms with Gasteiger partial charge < -0.3 is 14.9 Å². The summed E-state index contributed by atoms with van der Waals surface area (Å²) in [7, 11) is 1.53. The molecule has 1 aliphatic rings. The highest BCUT2D eigenvalue weighted by atomic mass is 79.9. The van der Waals surface area contributed by atoms with Crippen LogP contribution in [0.25, 0.3) is 0 Å². The molecule has 1 fully saturated rings. The van der Waals surface area contributed by atoms with Crippen LogP contribution in [0.3, 0.4) is 0 Å². The Labute approximate surface area is 90.5 Å². The number of rotatable bonds is 2. The molecule has 0 radical (unpaired) electrons. The van der Waals surface area contributed by atoms with Crippen molar-refractivity contribution >= 4 is 15.9 Å². The number of hydrogen-bond donors (Lipinski definition) is 2. The number of halogens is 1. The van der Waals surface area contributed by atoms with Crippen LogP contribution in [0.15, 0.2) is 16.6 Å². The zero-order chi connectivity index (χ0) is 10.3. The van der Waals surface area contributed by atoms with Crippen molar-refractivity contribution < 1.29 is 14.9 Å². The number of hydrogen-bond acceptors (Lipinski definition) is 3. The number of aromatic hydroxyl groups is 1. The Morgan fingerprint density at radius 3 is 2.57 bits per heavy atom. The Balaban J connectivity index is 2.48. The van der Waals surface area contributed by atoms with Gasteiger partial charge in [0.1, 0.15) is 11.5 Å². The van der Waals surface area contributed by atoms with Gasteiger partial charge in [0, 0.05) is 11.6 Å². The first kappa shape index (κ1) is 9.80. The van der Waals surface area contributed by atoms with Crippen LogP contribution in [0, 0.1) is 0 Å². The standard InChI is InChI=1S/C10H11BrO3/c1-14-9-5-8(12)6(4-7(9)11)10(13)2-3-10/h4-5,12-13H,2-3H2,1H3. The van der Waals surface area contributed by atoms with E-state index in [9.17, 15) is 10.2 Å². The van der Waals surface area contributed by atoms with Crippen molar-refractivity contribution in [1.29, 1.82) is 0 Å². The third kappa shape index (κ3) is 1.48. The second-order valence-corrected chi connectivity index (χ2v) is 4.39. The predicted molar refractivity (Wildman–Crippen MR) is 55.5 cm³/mol. The summed E-state index contributed by atoms with van der Waals surface area (Å²) in [6.07, 6.45) is 1.42. The maximum absolute atomic E-state index is 9.85. The number of benzene rings is 1. The zero-order valence-corrected chi connectivity index (χ0v) is 9.34. The third-order valence-electron chi connectivity index (χ3n) is 2.50. The molecule has 1 aromatic carbocycles. The summed E-state index contributed by atoms with van der Waals surface area (Å²) in [6, 6.07) is 3.22. The van der Waals surface area contributed by atoms with E-state index in [2.05, 4.69) is 15.9 Å². The molecule has 0 saturated heterocycles. The van der Waals surface area contributed by atoms with Crippen LogP contribution in [0.1, 0.15) is 18.4 Å². The smallest absolute Gasteiger partial charge is 0.136 e. The van der Waals surface area contributed by atoms with Gasteiger partial charge in [0.2, 0.25) is 0 Å². The molecule has 0 heterocycles. The minimum absolute atomic E-state index is 0.0880. The lowest BCUT2D eigenvalue weighted by atomic mass is 10.1. The third-order valence-corrected chi connectivity index (χ3v) is 3.11. The Kier molecular flexibility index (Phi) is 2.20. The SMILES string of the molecule is COc1cc(O)c(C2(O)CC2)cc1Br. The highest BCUT2D eigenvalue weighted by Crippen LogP contribution is 2.50. The molecular weight excluding hydrogens is 248 g/mol. The van der Waals surface area contributed by atoms with Gasteiger partial charge in [-0.25, -0.2) is 0 Å². The molecule has 0 spiro atoms. The van der Waals surface area contributed by atoms with E-state index in [-0.39, 0.29) is 5.75 Å². The molecule has 14 heavy (non-hydrogen) atoms. The summed E-state index contributed by atoms with van der Waals surface area (Å²) < 4.78 is 5.77. The fourth-order valence-corrected chi connectivity index (χ4v) is 1.96. The van der Waals surface area contributed by atoms with Crippen molar-refractivity contribution in [3.63, 3.8) is 0 Å². The number of aliphatic hydroxyl groups is 1. The molecule has 1 saturated carbocycles. The van der Waals surface area contributed by atoms with Crippen LogP contribution in [-0.4, -0.2) is 17.3 Å². The number of ether oxygens (including phenoxy) is 1. The van der Waals surface area contributed by atoms with Gasteiger partial charge in [-0.3, -0.25) is 0 Å². The van der Waals surface area contributed by atoms with Crippen LogP contribution >= 0.6 is 15.9 Å². The fourth-order valence-electron chi connectivity index (χ4n) is 1.46. The molecule has 0 aromatic heterocycles. The maximum Gasteiger partial charge on any atom is 0.136 e. The van der Waals surface area contributed by atoms with E-state index in [1.165, 1.54) is 13.2 Å². The topological polar surface area (TPSA) is 49.7 Å². The first-order chi connectivity index (χ1) is 6.57. The van der Waals surface area contributed by atoms with Crippen molar-refractivity contribution in [2.24, 2.45) is 0 Å². The van der Waals surface area contributed by atoms with Gasteiger partial charge in [0.15, 0.2) is 0 Å². The summed E-state index contributed by atoms with van der Waals surface area (Å²) in [6.45, 7) is 0. The molecule has 1 aliphatic carbocycles. The summed E-state index contributed by atoms with van der Waals surface area (Å²) in [5.74, 6) is 0.653. The predicted octanol–water partition coefficient (Wildman–Crippen LogP) is 2.14. The van der Waals surface area contributed by atoms with Gasteiger partial charge >= 0.3 is 0 Å². The Morgan fingerprint density at radius 2 is 2.07 bits per heavy atom. The minimum Gasteiger partial charge on any atom is -0.507 e. The monoisotopic (exact) mass is 258 g/mol. The van der Waals surface area contributed by atoms with Gasteiger partial charge in [-0.1, -0.05) is 0 Å². The van der Waals surface area contributed by atoms with Crippen molar-refractivity contribution in [2.45, 2.75) is 18.4 Å². The molecule has 0 unspecified atom stereocenters. The lowest BCUT2D eigenvalue weighted by Crippen LogP contribution is -2.04. The molecule has 0 bridgehead atoms. The van der Waals surface area contributed by atoms with E-state index in [0.29, 0.717) is 24.2 Å². The Bertz CT molecular complexity index is 372. The van der Waals surface area contributed by atoms with E-state index in [4.69, 9.17) is 4.74 Å². The summed E-state index contributed by atoms with van der Waals surface area (Å²) in [4.78, 5) is 0. The first-order valence-corrected chi connectivity index (χ1v) is 5.15. The molecule has 3 nitrogen and oxygen atoms in total. The van der Waals surface area contributed by atoms with Crippen molar-refractivity contribution in [1.82, 2.24) is 0 Å². The molecule has 1 aromatic rings. The molecular formula is C10H11BrO3. The van der Waals surface area contributed by atoms with Gasteiger partial charge in [-0.15, -0.1) is 0 Å². The van der Waals surface area contributed by atoms with Gasteiger partial charge in [-0.2, -0.15) is 0 Å². The number of methoxy groups -OCH3 is 1. The van der Waals surface area contributed by atoms with Gasteiger partial charge in [0.25, 0.3) is 0 Å². The van der Waals surface area contributed by atoms with Crippen LogP contribution in [0.2, 0.25) is 0 Å². The normalized spacial score (nSPS) is 17.9. The van der Waals surface area contributed by atoms with E-state index in [0.717, 1.165) is 4.47 Å².